The average molecular weight is 266 g/mol. The molecule has 0 saturated carbocycles. The van der Waals surface area contributed by atoms with Gasteiger partial charge in [0.25, 0.3) is 0 Å². The van der Waals surface area contributed by atoms with Crippen molar-refractivity contribution < 1.29 is 13.9 Å². The van der Waals surface area contributed by atoms with Crippen LogP contribution in [0.4, 0.5) is 9.18 Å². The molecule has 1 aromatic rings. The number of ether oxygens (including phenoxy) is 1. The summed E-state index contributed by atoms with van der Waals surface area (Å²) in [5, 5.41) is 5.23. The summed E-state index contributed by atoms with van der Waals surface area (Å²) in [4.78, 5) is 11.3. The third kappa shape index (κ3) is 7.21. The molecular formula is C14H19FN2O2. The Kier molecular flexibility index (Phi) is 7.27. The number of hydrogen-bond acceptors (Lipinski definition) is 2. The number of urea groups is 1. The van der Waals surface area contributed by atoms with Crippen molar-refractivity contribution in [3.63, 3.8) is 0 Å². The lowest BCUT2D eigenvalue weighted by molar-refractivity contribution is 0.145. The van der Waals surface area contributed by atoms with E-state index in [2.05, 4.69) is 10.6 Å². The molecule has 0 aliphatic heterocycles. The van der Waals surface area contributed by atoms with E-state index in [9.17, 15) is 9.18 Å². The summed E-state index contributed by atoms with van der Waals surface area (Å²) in [5.41, 5.74) is 0.691. The molecule has 0 heterocycles. The van der Waals surface area contributed by atoms with Crippen LogP contribution in [0.25, 0.3) is 6.08 Å². The maximum Gasteiger partial charge on any atom is 0.318 e. The number of hydrogen-bond donors (Lipinski definition) is 2. The van der Waals surface area contributed by atoms with Crippen LogP contribution in [-0.2, 0) is 4.74 Å². The largest absolute Gasteiger partial charge is 0.382 e. The lowest BCUT2D eigenvalue weighted by atomic mass is 10.2. The summed E-state index contributed by atoms with van der Waals surface area (Å²) in [5.74, 6) is -0.303. The molecule has 1 aromatic carbocycles. The molecule has 0 atom stereocenters. The summed E-state index contributed by atoms with van der Waals surface area (Å²) in [6.45, 7) is 3.80. The van der Waals surface area contributed by atoms with E-state index >= 15 is 0 Å². The highest BCUT2D eigenvalue weighted by atomic mass is 19.1. The molecule has 5 heteroatoms. The first kappa shape index (κ1) is 15.2. The molecule has 4 nitrogen and oxygen atoms in total. The normalized spacial score (nSPS) is 10.6. The van der Waals surface area contributed by atoms with Crippen molar-refractivity contribution in [3.05, 3.63) is 41.8 Å². The van der Waals surface area contributed by atoms with Gasteiger partial charge in [-0.3, -0.25) is 0 Å². The van der Waals surface area contributed by atoms with Gasteiger partial charge in [0.05, 0.1) is 0 Å². The molecular weight excluding hydrogens is 247 g/mol. The van der Waals surface area contributed by atoms with Crippen LogP contribution in [-0.4, -0.2) is 25.8 Å². The van der Waals surface area contributed by atoms with E-state index in [4.69, 9.17) is 4.74 Å². The van der Waals surface area contributed by atoms with Crippen molar-refractivity contribution in [2.75, 3.05) is 19.8 Å². The summed E-state index contributed by atoms with van der Waals surface area (Å²) in [6, 6.07) is 5.84. The van der Waals surface area contributed by atoms with Gasteiger partial charge in [-0.1, -0.05) is 12.1 Å². The van der Waals surface area contributed by atoms with Gasteiger partial charge in [-0.15, -0.1) is 0 Å². The fraction of sp³-hybridized carbons (Fsp3) is 0.357. The van der Waals surface area contributed by atoms with Crippen molar-refractivity contribution in [1.82, 2.24) is 10.6 Å². The van der Waals surface area contributed by atoms with E-state index < -0.39 is 0 Å². The zero-order valence-electron chi connectivity index (χ0n) is 11.0. The van der Waals surface area contributed by atoms with Crippen LogP contribution < -0.4 is 10.6 Å². The highest BCUT2D eigenvalue weighted by molar-refractivity contribution is 5.75. The minimum atomic E-state index is -0.303. The number of amides is 2. The van der Waals surface area contributed by atoms with E-state index in [1.54, 1.807) is 18.2 Å². The van der Waals surface area contributed by atoms with Crippen molar-refractivity contribution in [2.24, 2.45) is 0 Å². The van der Waals surface area contributed by atoms with Crippen molar-refractivity contribution in [2.45, 2.75) is 13.3 Å². The van der Waals surface area contributed by atoms with Crippen LogP contribution in [0.15, 0.2) is 30.5 Å². The molecule has 1 rings (SSSR count). The summed E-state index contributed by atoms with van der Waals surface area (Å²) in [7, 11) is 0. The van der Waals surface area contributed by atoms with E-state index in [1.165, 1.54) is 18.3 Å². The van der Waals surface area contributed by atoms with E-state index in [0.717, 1.165) is 6.42 Å². The number of benzene rings is 1. The SMILES string of the molecule is CCOCCCNC(=O)N/C=C/c1cccc(F)c1. The summed E-state index contributed by atoms with van der Waals surface area (Å²) >= 11 is 0. The number of carbonyl (C=O) groups excluding carboxylic acids is 1. The van der Waals surface area contributed by atoms with Gasteiger partial charge in [0, 0.05) is 26.0 Å². The Balaban J connectivity index is 2.19. The van der Waals surface area contributed by atoms with E-state index in [-0.39, 0.29) is 11.8 Å². The number of nitrogens with one attached hydrogen (secondary N) is 2. The fourth-order valence-electron chi connectivity index (χ4n) is 1.40. The number of halogens is 1. The topological polar surface area (TPSA) is 50.4 Å². The van der Waals surface area contributed by atoms with Gasteiger partial charge in [0.15, 0.2) is 0 Å². The van der Waals surface area contributed by atoms with Gasteiger partial charge in [0.1, 0.15) is 5.82 Å². The van der Waals surface area contributed by atoms with Crippen LogP contribution in [0.3, 0.4) is 0 Å². The van der Waals surface area contributed by atoms with Crippen LogP contribution in [0.1, 0.15) is 18.9 Å². The zero-order valence-corrected chi connectivity index (χ0v) is 11.0. The zero-order chi connectivity index (χ0) is 13.9. The molecule has 0 fully saturated rings. The molecule has 0 radical (unpaired) electrons. The average Bonchev–Trinajstić information content (AvgIpc) is 2.38. The third-order valence-corrected chi connectivity index (χ3v) is 2.29. The second kappa shape index (κ2) is 9.10. The Morgan fingerprint density at radius 2 is 2.32 bits per heavy atom. The highest BCUT2D eigenvalue weighted by Gasteiger charge is 1.96. The first-order valence-electron chi connectivity index (χ1n) is 6.26. The fourth-order valence-corrected chi connectivity index (χ4v) is 1.40. The van der Waals surface area contributed by atoms with Crippen molar-refractivity contribution in [1.29, 1.82) is 0 Å². The minimum absolute atomic E-state index is 0.288. The molecule has 0 aliphatic carbocycles. The Hall–Kier alpha value is -1.88. The predicted octanol–water partition coefficient (Wildman–Crippen LogP) is 2.52. The molecule has 0 spiro atoms. The smallest absolute Gasteiger partial charge is 0.318 e. The molecule has 0 unspecified atom stereocenters. The third-order valence-electron chi connectivity index (χ3n) is 2.29. The van der Waals surface area contributed by atoms with Gasteiger partial charge >= 0.3 is 6.03 Å². The Labute approximate surface area is 112 Å². The first-order valence-corrected chi connectivity index (χ1v) is 6.26. The van der Waals surface area contributed by atoms with Gasteiger partial charge in [0.2, 0.25) is 0 Å². The quantitative estimate of drug-likeness (QED) is 0.745. The van der Waals surface area contributed by atoms with Gasteiger partial charge in [-0.05, 0) is 37.1 Å². The Bertz CT molecular complexity index is 422. The maximum atomic E-state index is 12.9. The highest BCUT2D eigenvalue weighted by Crippen LogP contribution is 2.04. The molecule has 0 saturated heterocycles. The Morgan fingerprint density at radius 1 is 1.47 bits per heavy atom. The summed E-state index contributed by atoms with van der Waals surface area (Å²) < 4.78 is 18.0. The lowest BCUT2D eigenvalue weighted by Gasteiger charge is -2.04. The maximum absolute atomic E-state index is 12.9. The number of carbonyl (C=O) groups is 1. The number of rotatable bonds is 7. The molecule has 0 bridgehead atoms. The Morgan fingerprint density at radius 3 is 3.05 bits per heavy atom. The van der Waals surface area contributed by atoms with Gasteiger partial charge in [-0.25, -0.2) is 9.18 Å². The van der Waals surface area contributed by atoms with Crippen LogP contribution >= 0.6 is 0 Å². The molecule has 104 valence electrons. The molecule has 0 aliphatic rings. The second-order valence-electron chi connectivity index (χ2n) is 3.84. The standard InChI is InChI=1S/C14H19FN2O2/c1-2-19-10-4-8-16-14(18)17-9-7-12-5-3-6-13(15)11-12/h3,5-7,9,11H,2,4,8,10H2,1H3,(H2,16,17,18)/b9-7+. The minimum Gasteiger partial charge on any atom is -0.382 e. The molecule has 0 aromatic heterocycles. The molecule has 2 N–H and O–H groups in total. The monoisotopic (exact) mass is 266 g/mol. The van der Waals surface area contributed by atoms with Gasteiger partial charge in [-0.2, -0.15) is 0 Å². The second-order valence-corrected chi connectivity index (χ2v) is 3.84. The molecule has 2 amide bonds. The van der Waals surface area contributed by atoms with Crippen LogP contribution in [0.2, 0.25) is 0 Å². The van der Waals surface area contributed by atoms with E-state index in [0.29, 0.717) is 25.3 Å². The van der Waals surface area contributed by atoms with Crippen LogP contribution in [0, 0.1) is 5.82 Å². The molecule has 19 heavy (non-hydrogen) atoms. The van der Waals surface area contributed by atoms with Gasteiger partial charge < -0.3 is 15.4 Å². The van der Waals surface area contributed by atoms with Crippen LogP contribution in [0.5, 0.6) is 0 Å². The predicted molar refractivity (Wildman–Crippen MR) is 73.1 cm³/mol. The first-order chi connectivity index (χ1) is 9.22. The van der Waals surface area contributed by atoms with E-state index in [1.807, 2.05) is 6.92 Å². The van der Waals surface area contributed by atoms with Crippen molar-refractivity contribution in [3.8, 4) is 0 Å². The van der Waals surface area contributed by atoms with Crippen molar-refractivity contribution >= 4 is 12.1 Å². The lowest BCUT2D eigenvalue weighted by Crippen LogP contribution is -2.33. The summed E-state index contributed by atoms with van der Waals surface area (Å²) in [6.07, 6.45) is 3.88.